The Labute approximate surface area is 120 Å². The van der Waals surface area contributed by atoms with Gasteiger partial charge in [0.2, 0.25) is 0 Å². The smallest absolute Gasteiger partial charge is 0.130 e. The Morgan fingerprint density at radius 3 is 2.45 bits per heavy atom. The Balaban J connectivity index is 1.67. The van der Waals surface area contributed by atoms with Gasteiger partial charge in [-0.15, -0.1) is 0 Å². The van der Waals surface area contributed by atoms with E-state index >= 15 is 0 Å². The lowest BCUT2D eigenvalue weighted by Crippen LogP contribution is -2.50. The van der Waals surface area contributed by atoms with Gasteiger partial charge in [-0.05, 0) is 25.0 Å². The molecule has 4 heteroatoms. The fourth-order valence-corrected chi connectivity index (χ4v) is 3.60. The molecule has 1 N–H and O–H groups in total. The summed E-state index contributed by atoms with van der Waals surface area (Å²) in [5.74, 6) is -0.303. The van der Waals surface area contributed by atoms with E-state index in [1.54, 1.807) is 6.07 Å². The van der Waals surface area contributed by atoms with E-state index in [0.717, 1.165) is 37.9 Å². The molecule has 1 saturated heterocycles. The minimum absolute atomic E-state index is 0.231. The van der Waals surface area contributed by atoms with E-state index in [1.165, 1.54) is 31.7 Å². The van der Waals surface area contributed by atoms with Gasteiger partial charge in [0.1, 0.15) is 5.82 Å². The van der Waals surface area contributed by atoms with Crippen molar-refractivity contribution in [2.45, 2.75) is 38.3 Å². The molecule has 3 rings (SSSR count). The highest BCUT2D eigenvalue weighted by molar-refractivity contribution is 5.54. The molecule has 20 heavy (non-hydrogen) atoms. The quantitative estimate of drug-likeness (QED) is 0.919. The topological polar surface area (TPSA) is 26.7 Å². The zero-order chi connectivity index (χ0) is 13.9. The highest BCUT2D eigenvalue weighted by Crippen LogP contribution is 2.28. The summed E-state index contributed by atoms with van der Waals surface area (Å²) in [4.78, 5) is 4.79. The van der Waals surface area contributed by atoms with Crippen LogP contribution in [0.1, 0.15) is 31.2 Å². The molecule has 0 bridgehead atoms. The Hall–Kier alpha value is -1.13. The van der Waals surface area contributed by atoms with E-state index < -0.39 is 0 Å². The minimum atomic E-state index is -0.303. The summed E-state index contributed by atoms with van der Waals surface area (Å²) < 4.78 is 13.7. The average molecular weight is 278 g/mol. The van der Waals surface area contributed by atoms with Crippen LogP contribution in [-0.4, -0.2) is 42.2 Å². The van der Waals surface area contributed by atoms with Gasteiger partial charge >= 0.3 is 0 Å². The Morgan fingerprint density at radius 1 is 1.10 bits per heavy atom. The first-order valence-electron chi connectivity index (χ1n) is 7.67. The van der Waals surface area contributed by atoms with E-state index in [1.807, 2.05) is 6.07 Å². The number of piperazine rings is 1. The van der Waals surface area contributed by atoms with Crippen LogP contribution in [0.3, 0.4) is 0 Å². The molecule has 1 saturated carbocycles. The Morgan fingerprint density at radius 2 is 1.80 bits per heavy atom. The highest BCUT2D eigenvalue weighted by Gasteiger charge is 2.27. The summed E-state index contributed by atoms with van der Waals surface area (Å²) in [6, 6.07) is 5.83. The van der Waals surface area contributed by atoms with Gasteiger partial charge in [-0.2, -0.15) is 0 Å². The Kier molecular flexibility index (Phi) is 4.22. The number of rotatable bonds is 3. The van der Waals surface area contributed by atoms with Crippen LogP contribution in [-0.2, 0) is 6.61 Å². The lowest BCUT2D eigenvalue weighted by molar-refractivity contribution is 0.187. The fraction of sp³-hybridized carbons (Fsp3) is 0.625. The van der Waals surface area contributed by atoms with Crippen LogP contribution in [0.25, 0.3) is 0 Å². The van der Waals surface area contributed by atoms with Crippen LogP contribution in [0.15, 0.2) is 18.2 Å². The predicted molar refractivity (Wildman–Crippen MR) is 78.4 cm³/mol. The van der Waals surface area contributed by atoms with Crippen LogP contribution in [0.2, 0.25) is 0 Å². The van der Waals surface area contributed by atoms with Gasteiger partial charge < -0.3 is 10.0 Å². The molecule has 0 unspecified atom stereocenters. The average Bonchev–Trinajstić information content (AvgIpc) is 3.01. The highest BCUT2D eigenvalue weighted by atomic mass is 19.1. The van der Waals surface area contributed by atoms with Gasteiger partial charge in [0, 0.05) is 43.5 Å². The fourth-order valence-electron chi connectivity index (χ4n) is 3.60. The van der Waals surface area contributed by atoms with Gasteiger partial charge in [0.25, 0.3) is 0 Å². The third-order valence-corrected chi connectivity index (χ3v) is 4.75. The second kappa shape index (κ2) is 6.10. The number of hydrogen-bond acceptors (Lipinski definition) is 3. The minimum Gasteiger partial charge on any atom is -0.391 e. The van der Waals surface area contributed by atoms with E-state index in [0.29, 0.717) is 5.56 Å². The SMILES string of the molecule is OCc1c(F)cccc1N1CCN(C2CCCC2)CC1. The van der Waals surface area contributed by atoms with Crippen molar-refractivity contribution in [3.05, 3.63) is 29.6 Å². The maximum atomic E-state index is 13.7. The zero-order valence-electron chi connectivity index (χ0n) is 11.9. The van der Waals surface area contributed by atoms with E-state index in [2.05, 4.69) is 9.80 Å². The number of aliphatic hydroxyl groups excluding tert-OH is 1. The predicted octanol–water partition coefficient (Wildman–Crippen LogP) is 2.38. The lowest BCUT2D eigenvalue weighted by atomic mass is 10.1. The van der Waals surface area contributed by atoms with Crippen LogP contribution in [0, 0.1) is 5.82 Å². The van der Waals surface area contributed by atoms with Crippen molar-refractivity contribution in [1.29, 1.82) is 0 Å². The van der Waals surface area contributed by atoms with Crippen LogP contribution >= 0.6 is 0 Å². The molecule has 0 amide bonds. The van der Waals surface area contributed by atoms with E-state index in [-0.39, 0.29) is 12.4 Å². The normalized spacial score (nSPS) is 21.6. The standard InChI is InChI=1S/C16H23FN2O/c17-15-6-3-7-16(14(15)12-20)19-10-8-18(9-11-19)13-4-1-2-5-13/h3,6-7,13,20H,1-2,4-5,8-12H2. The molecule has 0 spiro atoms. The largest absolute Gasteiger partial charge is 0.391 e. The molecule has 3 nitrogen and oxygen atoms in total. The second-order valence-electron chi connectivity index (χ2n) is 5.86. The monoisotopic (exact) mass is 278 g/mol. The molecule has 1 aromatic carbocycles. The van der Waals surface area contributed by atoms with Crippen molar-refractivity contribution in [3.8, 4) is 0 Å². The lowest BCUT2D eigenvalue weighted by Gasteiger charge is -2.39. The Bertz CT molecular complexity index is 452. The summed E-state index contributed by atoms with van der Waals surface area (Å²) in [5.41, 5.74) is 1.29. The summed E-state index contributed by atoms with van der Waals surface area (Å²) in [6.07, 6.45) is 5.40. The van der Waals surface area contributed by atoms with Crippen molar-refractivity contribution in [2.75, 3.05) is 31.1 Å². The number of halogens is 1. The number of aliphatic hydroxyl groups is 1. The first-order chi connectivity index (χ1) is 9.79. The molecule has 110 valence electrons. The van der Waals surface area contributed by atoms with E-state index in [9.17, 15) is 9.50 Å². The van der Waals surface area contributed by atoms with Crippen molar-refractivity contribution in [3.63, 3.8) is 0 Å². The molecule has 1 aliphatic heterocycles. The molecular weight excluding hydrogens is 255 g/mol. The van der Waals surface area contributed by atoms with Crippen LogP contribution in [0.4, 0.5) is 10.1 Å². The molecule has 2 aliphatic rings. The van der Waals surface area contributed by atoms with Gasteiger partial charge in [-0.1, -0.05) is 18.9 Å². The second-order valence-corrected chi connectivity index (χ2v) is 5.86. The first kappa shape index (κ1) is 13.8. The third kappa shape index (κ3) is 2.67. The first-order valence-corrected chi connectivity index (χ1v) is 7.67. The van der Waals surface area contributed by atoms with Gasteiger partial charge in [-0.3, -0.25) is 4.90 Å². The summed E-state index contributed by atoms with van der Waals surface area (Å²) >= 11 is 0. The summed E-state index contributed by atoms with van der Waals surface area (Å²) in [6.45, 7) is 3.71. The van der Waals surface area contributed by atoms with Crippen molar-refractivity contribution >= 4 is 5.69 Å². The van der Waals surface area contributed by atoms with E-state index in [4.69, 9.17) is 0 Å². The van der Waals surface area contributed by atoms with Crippen molar-refractivity contribution in [1.82, 2.24) is 4.90 Å². The zero-order valence-corrected chi connectivity index (χ0v) is 11.9. The summed E-state index contributed by atoms with van der Waals surface area (Å²) in [5, 5.41) is 9.38. The molecule has 1 aromatic rings. The molecular formula is C16H23FN2O. The maximum Gasteiger partial charge on any atom is 0.130 e. The number of anilines is 1. The van der Waals surface area contributed by atoms with Gasteiger partial charge in [-0.25, -0.2) is 4.39 Å². The molecule has 1 heterocycles. The molecule has 2 fully saturated rings. The molecule has 0 aromatic heterocycles. The third-order valence-electron chi connectivity index (χ3n) is 4.75. The van der Waals surface area contributed by atoms with Crippen LogP contribution < -0.4 is 4.90 Å². The molecule has 1 aliphatic carbocycles. The van der Waals surface area contributed by atoms with Crippen molar-refractivity contribution < 1.29 is 9.50 Å². The van der Waals surface area contributed by atoms with Crippen molar-refractivity contribution in [2.24, 2.45) is 0 Å². The van der Waals surface area contributed by atoms with Gasteiger partial charge in [0.15, 0.2) is 0 Å². The maximum absolute atomic E-state index is 13.7. The van der Waals surface area contributed by atoms with Crippen LogP contribution in [0.5, 0.6) is 0 Å². The number of nitrogens with zero attached hydrogens (tertiary/aromatic N) is 2. The number of hydrogen-bond donors (Lipinski definition) is 1. The summed E-state index contributed by atoms with van der Waals surface area (Å²) in [7, 11) is 0. The van der Waals surface area contributed by atoms with Gasteiger partial charge in [0.05, 0.1) is 6.61 Å². The molecule has 0 atom stereocenters. The molecule has 0 radical (unpaired) electrons. The number of benzene rings is 1.